The summed E-state index contributed by atoms with van der Waals surface area (Å²) in [6.45, 7) is 7.20. The third-order valence-electron chi connectivity index (χ3n) is 3.35. The van der Waals surface area contributed by atoms with Gasteiger partial charge in [0, 0.05) is 28.4 Å². The summed E-state index contributed by atoms with van der Waals surface area (Å²) >= 11 is 0. The van der Waals surface area contributed by atoms with Gasteiger partial charge in [-0.15, -0.1) is 13.2 Å². The van der Waals surface area contributed by atoms with Crippen molar-refractivity contribution in [3.63, 3.8) is 0 Å². The normalized spacial score (nSPS) is 21.3. The minimum Gasteiger partial charge on any atom is -0.103 e. The molecule has 0 bridgehead atoms. The summed E-state index contributed by atoms with van der Waals surface area (Å²) in [7, 11) is 8.24. The molecule has 21 heavy (non-hydrogen) atoms. The Hall–Kier alpha value is 0.620. The maximum absolute atomic E-state index is 3.60. The molecular formula is C17H28S4. The van der Waals surface area contributed by atoms with Crippen LogP contribution in [0.1, 0.15) is 38.5 Å². The molecule has 0 saturated carbocycles. The summed E-state index contributed by atoms with van der Waals surface area (Å²) in [6.07, 6.45) is 15.8. The second-order valence-electron chi connectivity index (χ2n) is 5.46. The van der Waals surface area contributed by atoms with E-state index in [0.717, 1.165) is 18.3 Å². The third-order valence-corrected chi connectivity index (χ3v) is 9.02. The van der Waals surface area contributed by atoms with E-state index in [1.807, 2.05) is 12.2 Å². The molecule has 0 atom stereocenters. The molecule has 0 aromatic rings. The molecule has 0 nitrogen and oxygen atoms in total. The van der Waals surface area contributed by atoms with Crippen LogP contribution in [0, 0.1) is 5.41 Å². The lowest BCUT2D eigenvalue weighted by atomic mass is 9.99. The standard InChI is InChI=1S/C7H12.C5H8S4.C5H8/c1-3-5-7-6-4-2;1-5(2-7-6-1)3-8-9-4-5;1-2-4-5-3-1/h3-4H,1-2,5-7H2;1-4H2;1-2H,3-5H2. The predicted octanol–water partition coefficient (Wildman–Crippen LogP) is 7.02. The number of unbranched alkanes of at least 4 members (excludes halogenated alkanes) is 2. The molecule has 2 fully saturated rings. The van der Waals surface area contributed by atoms with Crippen molar-refractivity contribution in [1.29, 1.82) is 0 Å². The zero-order valence-electron chi connectivity index (χ0n) is 12.9. The Morgan fingerprint density at radius 3 is 1.52 bits per heavy atom. The Kier molecular flexibility index (Phi) is 12.3. The fourth-order valence-corrected chi connectivity index (χ4v) is 9.25. The lowest BCUT2D eigenvalue weighted by molar-refractivity contribution is 0.530. The lowest BCUT2D eigenvalue weighted by Crippen LogP contribution is -2.24. The van der Waals surface area contributed by atoms with Gasteiger partial charge in [-0.25, -0.2) is 0 Å². The average Bonchev–Trinajstić information content (AvgIpc) is 3.26. The van der Waals surface area contributed by atoms with E-state index >= 15 is 0 Å². The molecule has 2 saturated heterocycles. The van der Waals surface area contributed by atoms with Crippen LogP contribution in [-0.4, -0.2) is 23.0 Å². The Bertz CT molecular complexity index is 268. The monoisotopic (exact) mass is 360 g/mol. The minimum absolute atomic E-state index is 0.741. The smallest absolute Gasteiger partial charge is 0.0118 e. The van der Waals surface area contributed by atoms with Crippen molar-refractivity contribution in [2.45, 2.75) is 38.5 Å². The summed E-state index contributed by atoms with van der Waals surface area (Å²) in [5.74, 6) is 5.60. The van der Waals surface area contributed by atoms with Gasteiger partial charge in [-0.3, -0.25) is 0 Å². The van der Waals surface area contributed by atoms with E-state index in [2.05, 4.69) is 68.5 Å². The molecule has 0 aromatic heterocycles. The van der Waals surface area contributed by atoms with Gasteiger partial charge in [0.1, 0.15) is 0 Å². The highest BCUT2D eigenvalue weighted by Crippen LogP contribution is 2.53. The quantitative estimate of drug-likeness (QED) is 0.300. The van der Waals surface area contributed by atoms with Crippen LogP contribution in [0.5, 0.6) is 0 Å². The van der Waals surface area contributed by atoms with Crippen molar-refractivity contribution < 1.29 is 0 Å². The highest BCUT2D eigenvalue weighted by Gasteiger charge is 2.38. The van der Waals surface area contributed by atoms with Crippen molar-refractivity contribution in [2.24, 2.45) is 5.41 Å². The summed E-state index contributed by atoms with van der Waals surface area (Å²) in [6, 6.07) is 0. The molecule has 3 rings (SSSR count). The van der Waals surface area contributed by atoms with E-state index in [9.17, 15) is 0 Å². The Balaban J connectivity index is 0.000000165. The van der Waals surface area contributed by atoms with Crippen molar-refractivity contribution >= 4 is 43.2 Å². The van der Waals surface area contributed by atoms with E-state index in [-0.39, 0.29) is 0 Å². The van der Waals surface area contributed by atoms with Crippen LogP contribution in [0.4, 0.5) is 0 Å². The molecule has 2 aliphatic heterocycles. The zero-order valence-corrected chi connectivity index (χ0v) is 16.2. The summed E-state index contributed by atoms with van der Waals surface area (Å²) in [4.78, 5) is 0. The molecule has 1 spiro atoms. The fourth-order valence-electron chi connectivity index (χ4n) is 1.91. The van der Waals surface area contributed by atoms with E-state index in [1.54, 1.807) is 0 Å². The largest absolute Gasteiger partial charge is 0.103 e. The van der Waals surface area contributed by atoms with Crippen LogP contribution in [0.2, 0.25) is 0 Å². The molecule has 3 aliphatic rings. The van der Waals surface area contributed by atoms with Gasteiger partial charge >= 0.3 is 0 Å². The van der Waals surface area contributed by atoms with Gasteiger partial charge in [0.25, 0.3) is 0 Å². The van der Waals surface area contributed by atoms with Gasteiger partial charge in [-0.2, -0.15) is 0 Å². The van der Waals surface area contributed by atoms with Gasteiger partial charge < -0.3 is 0 Å². The first-order chi connectivity index (χ1) is 10.3. The van der Waals surface area contributed by atoms with Crippen LogP contribution < -0.4 is 0 Å². The highest BCUT2D eigenvalue weighted by atomic mass is 33.1. The topological polar surface area (TPSA) is 0 Å². The Labute approximate surface area is 147 Å². The molecule has 2 heterocycles. The van der Waals surface area contributed by atoms with E-state index in [0.29, 0.717) is 0 Å². The van der Waals surface area contributed by atoms with Crippen LogP contribution in [0.25, 0.3) is 0 Å². The van der Waals surface area contributed by atoms with Crippen LogP contribution in [0.15, 0.2) is 37.5 Å². The maximum atomic E-state index is 3.60. The number of hydrogen-bond donors (Lipinski definition) is 0. The minimum atomic E-state index is 0.741. The highest BCUT2D eigenvalue weighted by molar-refractivity contribution is 8.78. The van der Waals surface area contributed by atoms with Crippen molar-refractivity contribution in [1.82, 2.24) is 0 Å². The summed E-state index contributed by atoms with van der Waals surface area (Å²) in [5, 5.41) is 0. The number of allylic oxidation sites excluding steroid dienone is 4. The van der Waals surface area contributed by atoms with E-state index < -0.39 is 0 Å². The fraction of sp³-hybridized carbons (Fsp3) is 0.647. The second kappa shape index (κ2) is 13.1. The molecule has 1 aliphatic carbocycles. The first kappa shape index (κ1) is 19.7. The molecule has 4 heteroatoms. The molecule has 120 valence electrons. The first-order valence-corrected chi connectivity index (χ1v) is 12.7. The molecular weight excluding hydrogens is 332 g/mol. The van der Waals surface area contributed by atoms with Crippen molar-refractivity contribution in [3.8, 4) is 0 Å². The molecule has 0 unspecified atom stereocenters. The summed E-state index contributed by atoms with van der Waals surface area (Å²) < 4.78 is 0. The van der Waals surface area contributed by atoms with Crippen molar-refractivity contribution in [2.75, 3.05) is 23.0 Å². The Morgan fingerprint density at radius 2 is 1.24 bits per heavy atom. The molecule has 0 radical (unpaired) electrons. The third kappa shape index (κ3) is 9.37. The van der Waals surface area contributed by atoms with Gasteiger partial charge in [0.05, 0.1) is 0 Å². The van der Waals surface area contributed by atoms with Gasteiger partial charge in [-0.05, 0) is 38.5 Å². The van der Waals surface area contributed by atoms with E-state index in [1.165, 1.54) is 48.7 Å². The van der Waals surface area contributed by atoms with Crippen LogP contribution in [-0.2, 0) is 0 Å². The summed E-state index contributed by atoms with van der Waals surface area (Å²) in [5.41, 5.74) is 0.741. The molecule has 0 aromatic carbocycles. The maximum Gasteiger partial charge on any atom is 0.0118 e. The van der Waals surface area contributed by atoms with Crippen molar-refractivity contribution in [3.05, 3.63) is 37.5 Å². The lowest BCUT2D eigenvalue weighted by Gasteiger charge is -2.16. The molecule has 0 amide bonds. The average molecular weight is 361 g/mol. The van der Waals surface area contributed by atoms with Gasteiger partial charge in [-0.1, -0.05) is 67.5 Å². The number of rotatable bonds is 4. The van der Waals surface area contributed by atoms with E-state index in [4.69, 9.17) is 0 Å². The van der Waals surface area contributed by atoms with Crippen LogP contribution in [0.3, 0.4) is 0 Å². The van der Waals surface area contributed by atoms with Crippen LogP contribution >= 0.6 is 43.2 Å². The number of hydrogen-bond acceptors (Lipinski definition) is 4. The second-order valence-corrected chi connectivity index (χ2v) is 10.4. The Morgan fingerprint density at radius 1 is 0.810 bits per heavy atom. The first-order valence-electron chi connectivity index (χ1n) is 7.69. The van der Waals surface area contributed by atoms with Gasteiger partial charge in [0.15, 0.2) is 0 Å². The predicted molar refractivity (Wildman–Crippen MR) is 110 cm³/mol. The molecule has 0 N–H and O–H groups in total. The SMILES string of the molecule is C1=CCCC1.C1SSCC12CSSC2.C=CCCCC=C. The zero-order chi connectivity index (χ0) is 15.2. The van der Waals surface area contributed by atoms with Gasteiger partial charge in [0.2, 0.25) is 0 Å².